The summed E-state index contributed by atoms with van der Waals surface area (Å²) in [5, 5.41) is 15.2. The molecule has 0 spiro atoms. The topological polar surface area (TPSA) is 79.3 Å². The van der Waals surface area contributed by atoms with Crippen molar-refractivity contribution >= 4 is 17.7 Å². The molecule has 0 saturated heterocycles. The predicted molar refractivity (Wildman–Crippen MR) is 78.4 cm³/mol. The minimum Gasteiger partial charge on any atom is -0.493 e. The van der Waals surface area contributed by atoms with Crippen molar-refractivity contribution in [1.82, 2.24) is 15.3 Å². The van der Waals surface area contributed by atoms with E-state index in [0.29, 0.717) is 12.4 Å². The van der Waals surface area contributed by atoms with Crippen molar-refractivity contribution in [3.05, 3.63) is 48.3 Å². The highest BCUT2D eigenvalue weighted by molar-refractivity contribution is 5.83. The molecule has 7 nitrogen and oxygen atoms in total. The molecule has 21 heavy (non-hydrogen) atoms. The lowest BCUT2D eigenvalue weighted by Gasteiger charge is -2.05. The monoisotopic (exact) mass is 283 g/mol. The van der Waals surface area contributed by atoms with Crippen molar-refractivity contribution in [1.29, 1.82) is 0 Å². The Balaban J connectivity index is 1.74. The number of fused-ring (bicyclic) bond motifs is 1. The molecular formula is C14H15N6O+. The number of hydrogen-bond acceptors (Lipinski definition) is 5. The maximum atomic E-state index is 5.54. The number of aromatic nitrogens is 4. The minimum absolute atomic E-state index is 0.619. The largest absolute Gasteiger partial charge is 0.493 e. The third kappa shape index (κ3) is 2.97. The van der Waals surface area contributed by atoms with Crippen LogP contribution in [0.2, 0.25) is 0 Å². The molecule has 0 aliphatic rings. The number of anilines is 1. The summed E-state index contributed by atoms with van der Waals surface area (Å²) in [4.78, 5) is 0. The predicted octanol–water partition coefficient (Wildman–Crippen LogP) is 1.39. The highest BCUT2D eigenvalue weighted by Crippen LogP contribution is 2.15. The lowest BCUT2D eigenvalue weighted by molar-refractivity contribution is -0.579. The Morgan fingerprint density at radius 1 is 1.33 bits per heavy atom. The van der Waals surface area contributed by atoms with E-state index in [1.54, 1.807) is 17.1 Å². The van der Waals surface area contributed by atoms with E-state index in [2.05, 4.69) is 25.8 Å². The number of ether oxygens (including phenoxy) is 1. The molecule has 0 aliphatic heterocycles. The first-order valence-electron chi connectivity index (χ1n) is 6.60. The Labute approximate surface area is 121 Å². The molecular weight excluding hydrogens is 268 g/mol. The van der Waals surface area contributed by atoms with Gasteiger partial charge < -0.3 is 4.74 Å². The van der Waals surface area contributed by atoms with Gasteiger partial charge in [0.2, 0.25) is 6.33 Å². The van der Waals surface area contributed by atoms with Gasteiger partial charge in [-0.05, 0) is 25.1 Å². The summed E-state index contributed by atoms with van der Waals surface area (Å²) < 4.78 is 7.17. The summed E-state index contributed by atoms with van der Waals surface area (Å²) in [7, 11) is 0. The number of aromatic amines is 1. The molecule has 2 heterocycles. The zero-order chi connectivity index (χ0) is 14.5. The van der Waals surface area contributed by atoms with E-state index in [0.717, 1.165) is 17.0 Å². The molecule has 2 N–H and O–H groups in total. The lowest BCUT2D eigenvalue weighted by atomic mass is 10.2. The SMILES string of the molecule is CCOc1ccccc1/C=N/Nc1ccc2n[nH]c[n+]2n1. The first-order chi connectivity index (χ1) is 10.4. The van der Waals surface area contributed by atoms with Crippen LogP contribution in [0.4, 0.5) is 5.82 Å². The van der Waals surface area contributed by atoms with Crippen LogP contribution in [0, 0.1) is 0 Å². The van der Waals surface area contributed by atoms with Crippen molar-refractivity contribution in [2.45, 2.75) is 6.92 Å². The fourth-order valence-corrected chi connectivity index (χ4v) is 1.87. The first kappa shape index (κ1) is 13.0. The summed E-state index contributed by atoms with van der Waals surface area (Å²) >= 11 is 0. The van der Waals surface area contributed by atoms with Crippen molar-refractivity contribution < 1.29 is 9.25 Å². The fourth-order valence-electron chi connectivity index (χ4n) is 1.87. The molecule has 0 amide bonds. The first-order valence-corrected chi connectivity index (χ1v) is 6.60. The van der Waals surface area contributed by atoms with Gasteiger partial charge >= 0.3 is 5.65 Å². The number of hydrogen-bond donors (Lipinski definition) is 2. The standard InChI is InChI=1S/C14H14N6O/c1-2-21-12-6-4-3-5-11(12)9-15-17-13-7-8-14-18-16-10-20(14)19-13/h3-10H,2H2,1H3,(H,17,19)/p+1/b15-9+. The van der Waals surface area contributed by atoms with Gasteiger partial charge in [-0.1, -0.05) is 17.2 Å². The van der Waals surface area contributed by atoms with Crippen LogP contribution >= 0.6 is 0 Å². The number of para-hydroxylation sites is 1. The Morgan fingerprint density at radius 2 is 2.24 bits per heavy atom. The minimum atomic E-state index is 0.619. The second-order valence-electron chi connectivity index (χ2n) is 4.23. The van der Waals surface area contributed by atoms with Crippen LogP contribution in [0.1, 0.15) is 12.5 Å². The third-order valence-corrected chi connectivity index (χ3v) is 2.80. The number of H-pyrrole nitrogens is 1. The summed E-state index contributed by atoms with van der Waals surface area (Å²) in [6.45, 7) is 2.57. The summed E-state index contributed by atoms with van der Waals surface area (Å²) in [6.07, 6.45) is 3.37. The second kappa shape index (κ2) is 6.00. The highest BCUT2D eigenvalue weighted by atomic mass is 16.5. The maximum Gasteiger partial charge on any atom is 0.325 e. The van der Waals surface area contributed by atoms with E-state index in [9.17, 15) is 0 Å². The van der Waals surface area contributed by atoms with E-state index in [4.69, 9.17) is 4.74 Å². The van der Waals surface area contributed by atoms with E-state index in [-0.39, 0.29) is 0 Å². The molecule has 3 rings (SSSR count). The van der Waals surface area contributed by atoms with E-state index >= 15 is 0 Å². The molecule has 1 aromatic carbocycles. The molecule has 0 atom stereocenters. The summed E-state index contributed by atoms with van der Waals surface area (Å²) in [5.41, 5.74) is 4.53. The van der Waals surface area contributed by atoms with Crippen molar-refractivity contribution in [2.24, 2.45) is 5.10 Å². The van der Waals surface area contributed by atoms with Gasteiger partial charge in [0.1, 0.15) is 5.75 Å². The van der Waals surface area contributed by atoms with Crippen LogP contribution in [0.3, 0.4) is 0 Å². The zero-order valence-corrected chi connectivity index (χ0v) is 11.5. The average molecular weight is 283 g/mol. The van der Waals surface area contributed by atoms with Gasteiger partial charge in [-0.3, -0.25) is 5.43 Å². The number of benzene rings is 1. The van der Waals surface area contributed by atoms with Crippen LogP contribution in [0.25, 0.3) is 5.65 Å². The van der Waals surface area contributed by atoms with Gasteiger partial charge in [-0.15, -0.1) is 9.61 Å². The van der Waals surface area contributed by atoms with Crippen LogP contribution in [-0.2, 0) is 0 Å². The number of nitrogens with zero attached hydrogens (tertiary/aromatic N) is 4. The van der Waals surface area contributed by atoms with Crippen molar-refractivity contribution in [3.8, 4) is 5.75 Å². The van der Waals surface area contributed by atoms with Gasteiger partial charge in [0.15, 0.2) is 5.82 Å². The van der Waals surface area contributed by atoms with E-state index in [1.807, 2.05) is 43.3 Å². The number of hydrazone groups is 1. The van der Waals surface area contributed by atoms with Crippen LogP contribution in [-0.4, -0.2) is 28.1 Å². The molecule has 0 radical (unpaired) electrons. The third-order valence-electron chi connectivity index (χ3n) is 2.80. The molecule has 0 aliphatic carbocycles. The van der Waals surface area contributed by atoms with Gasteiger partial charge in [-0.2, -0.15) is 5.10 Å². The van der Waals surface area contributed by atoms with Gasteiger partial charge in [-0.25, -0.2) is 0 Å². The molecule has 0 bridgehead atoms. The smallest absolute Gasteiger partial charge is 0.325 e. The van der Waals surface area contributed by atoms with Crippen LogP contribution < -0.4 is 14.7 Å². The fraction of sp³-hybridized carbons (Fsp3) is 0.143. The Hall–Kier alpha value is -2.96. The molecule has 3 aromatic rings. The lowest BCUT2D eigenvalue weighted by Crippen LogP contribution is -2.24. The van der Waals surface area contributed by atoms with E-state index in [1.165, 1.54) is 0 Å². The van der Waals surface area contributed by atoms with Gasteiger partial charge in [0.25, 0.3) is 0 Å². The summed E-state index contributed by atoms with van der Waals surface area (Å²) in [6, 6.07) is 11.4. The Bertz CT molecular complexity index is 767. The normalized spacial score (nSPS) is 11.1. The average Bonchev–Trinajstić information content (AvgIpc) is 2.97. The van der Waals surface area contributed by atoms with Gasteiger partial charge in [0.05, 0.1) is 12.8 Å². The molecule has 0 fully saturated rings. The quantitative estimate of drug-likeness (QED) is 0.421. The zero-order valence-electron chi connectivity index (χ0n) is 11.5. The van der Waals surface area contributed by atoms with E-state index < -0.39 is 0 Å². The summed E-state index contributed by atoms with van der Waals surface area (Å²) in [5.74, 6) is 1.43. The Kier molecular flexibility index (Phi) is 3.72. The van der Waals surface area contributed by atoms with Crippen LogP contribution in [0.15, 0.2) is 47.8 Å². The Morgan fingerprint density at radius 3 is 3.14 bits per heavy atom. The number of nitrogens with one attached hydrogen (secondary N) is 2. The van der Waals surface area contributed by atoms with Crippen LogP contribution in [0.5, 0.6) is 5.75 Å². The van der Waals surface area contributed by atoms with Crippen molar-refractivity contribution in [3.63, 3.8) is 0 Å². The highest BCUT2D eigenvalue weighted by Gasteiger charge is 2.04. The number of rotatable bonds is 5. The van der Waals surface area contributed by atoms with Gasteiger partial charge in [0, 0.05) is 16.7 Å². The maximum absolute atomic E-state index is 5.54. The molecule has 0 unspecified atom stereocenters. The van der Waals surface area contributed by atoms with Crippen molar-refractivity contribution in [2.75, 3.05) is 12.0 Å². The molecule has 2 aromatic heterocycles. The molecule has 0 saturated carbocycles. The molecule has 7 heteroatoms. The second-order valence-corrected chi connectivity index (χ2v) is 4.23. The molecule has 106 valence electrons.